The Morgan fingerprint density at radius 1 is 1.06 bits per heavy atom. The van der Waals surface area contributed by atoms with E-state index in [2.05, 4.69) is 15.8 Å². The van der Waals surface area contributed by atoms with Gasteiger partial charge in [0.1, 0.15) is 0 Å². The van der Waals surface area contributed by atoms with Gasteiger partial charge in [0.25, 0.3) is 17.5 Å². The lowest BCUT2D eigenvalue weighted by Gasteiger charge is -2.11. The van der Waals surface area contributed by atoms with E-state index in [0.29, 0.717) is 33.0 Å². The zero-order chi connectivity index (χ0) is 25.5. The number of methoxy groups -OCH3 is 1. The van der Waals surface area contributed by atoms with E-state index in [9.17, 15) is 19.7 Å². The molecule has 4 rings (SSSR count). The highest BCUT2D eigenvalue weighted by Crippen LogP contribution is 2.29. The fourth-order valence-corrected chi connectivity index (χ4v) is 4.16. The third-order valence-corrected chi connectivity index (χ3v) is 6.03. The molecule has 0 radical (unpaired) electrons. The molecule has 0 aliphatic rings. The molecule has 36 heavy (non-hydrogen) atoms. The maximum atomic E-state index is 12.4. The minimum absolute atomic E-state index is 0.0384. The van der Waals surface area contributed by atoms with Gasteiger partial charge in [-0.2, -0.15) is 5.10 Å². The number of ether oxygens (including phenoxy) is 2. The summed E-state index contributed by atoms with van der Waals surface area (Å²) in [5.41, 5.74) is 3.70. The lowest BCUT2D eigenvalue weighted by atomic mass is 10.2. The first kappa shape index (κ1) is 24.4. The number of hydrogen-bond acceptors (Lipinski definition) is 8. The second kappa shape index (κ2) is 11.1. The van der Waals surface area contributed by atoms with E-state index in [4.69, 9.17) is 9.47 Å². The molecule has 10 nitrogen and oxygen atoms in total. The highest BCUT2D eigenvalue weighted by Gasteiger charge is 2.13. The van der Waals surface area contributed by atoms with Gasteiger partial charge in [-0.05, 0) is 48.0 Å². The number of nitrogens with one attached hydrogen (secondary N) is 2. The number of anilines is 1. The van der Waals surface area contributed by atoms with Crippen LogP contribution in [-0.2, 0) is 4.79 Å². The molecule has 0 unspecified atom stereocenters. The fraction of sp³-hybridized carbons (Fsp3) is 0.0800. The van der Waals surface area contributed by atoms with Gasteiger partial charge in [-0.25, -0.2) is 5.43 Å². The summed E-state index contributed by atoms with van der Waals surface area (Å²) in [6, 6.07) is 20.0. The minimum atomic E-state index is -0.481. The number of nitrogens with zero attached hydrogens (tertiary/aromatic N) is 2. The molecule has 0 atom stereocenters. The number of nitro groups is 1. The molecule has 182 valence electrons. The summed E-state index contributed by atoms with van der Waals surface area (Å²) in [5, 5.41) is 18.3. The standard InChI is InChI=1S/C25H20N4O6S/c1-34-21-11-16(7-9-20(21)35-15-24(30)27-18-5-3-2-4-6-18)14-26-28-25(31)23-13-17-12-19(29(32)33)8-10-22(17)36-23/h2-14H,15H2,1H3,(H,27,30)(H,28,31)/b26-14-. The number of fused-ring (bicyclic) bond motifs is 1. The van der Waals surface area contributed by atoms with Crippen molar-refractivity contribution >= 4 is 50.8 Å². The molecular weight excluding hydrogens is 484 g/mol. The van der Waals surface area contributed by atoms with Crippen molar-refractivity contribution in [3.63, 3.8) is 0 Å². The lowest BCUT2D eigenvalue weighted by Crippen LogP contribution is -2.20. The smallest absolute Gasteiger partial charge is 0.281 e. The van der Waals surface area contributed by atoms with Crippen LogP contribution < -0.4 is 20.2 Å². The highest BCUT2D eigenvalue weighted by atomic mass is 32.1. The van der Waals surface area contributed by atoms with Crippen molar-refractivity contribution in [3.8, 4) is 11.5 Å². The van der Waals surface area contributed by atoms with Crippen LogP contribution in [0.2, 0.25) is 0 Å². The van der Waals surface area contributed by atoms with Crippen LogP contribution in [0.15, 0.2) is 77.9 Å². The molecule has 2 amide bonds. The predicted octanol–water partition coefficient (Wildman–Crippen LogP) is 4.60. The number of hydrogen-bond donors (Lipinski definition) is 2. The van der Waals surface area contributed by atoms with Crippen LogP contribution in [0.5, 0.6) is 11.5 Å². The second-order valence-corrected chi connectivity index (χ2v) is 8.49. The summed E-state index contributed by atoms with van der Waals surface area (Å²) in [7, 11) is 1.47. The molecule has 11 heteroatoms. The maximum absolute atomic E-state index is 12.4. The molecule has 0 saturated carbocycles. The number of amides is 2. The molecule has 0 saturated heterocycles. The summed E-state index contributed by atoms with van der Waals surface area (Å²) in [4.78, 5) is 35.4. The summed E-state index contributed by atoms with van der Waals surface area (Å²) in [5.74, 6) is 0.0176. The Morgan fingerprint density at radius 3 is 2.61 bits per heavy atom. The monoisotopic (exact) mass is 504 g/mol. The first-order valence-electron chi connectivity index (χ1n) is 10.6. The number of carbonyl (C=O) groups excluding carboxylic acids is 2. The van der Waals surface area contributed by atoms with Crippen LogP contribution in [0, 0.1) is 10.1 Å². The number of benzene rings is 3. The Kier molecular flexibility index (Phi) is 7.51. The number of nitro benzene ring substituents is 1. The molecule has 4 aromatic rings. The molecule has 0 bridgehead atoms. The predicted molar refractivity (Wildman–Crippen MR) is 137 cm³/mol. The quantitative estimate of drug-likeness (QED) is 0.195. The largest absolute Gasteiger partial charge is 0.493 e. The molecule has 1 aromatic heterocycles. The average molecular weight is 505 g/mol. The zero-order valence-corrected chi connectivity index (χ0v) is 19.8. The first-order chi connectivity index (χ1) is 17.4. The van der Waals surface area contributed by atoms with Crippen molar-refractivity contribution in [2.75, 3.05) is 19.0 Å². The van der Waals surface area contributed by atoms with Crippen molar-refractivity contribution in [1.29, 1.82) is 0 Å². The van der Waals surface area contributed by atoms with E-state index in [1.54, 1.807) is 42.5 Å². The molecule has 1 heterocycles. The topological polar surface area (TPSA) is 132 Å². The summed E-state index contributed by atoms with van der Waals surface area (Å²) in [6.45, 7) is -0.201. The van der Waals surface area contributed by atoms with Crippen LogP contribution in [0.25, 0.3) is 10.1 Å². The van der Waals surface area contributed by atoms with Crippen LogP contribution in [0.1, 0.15) is 15.2 Å². The highest BCUT2D eigenvalue weighted by molar-refractivity contribution is 7.20. The number of carbonyl (C=O) groups is 2. The van der Waals surface area contributed by atoms with Gasteiger partial charge >= 0.3 is 0 Å². The Labute approximate surface area is 209 Å². The number of non-ortho nitro benzene ring substituents is 1. The SMILES string of the molecule is COc1cc(/C=N\NC(=O)c2cc3cc([N+](=O)[O-])ccc3s2)ccc1OCC(=O)Nc1ccccc1. The Bertz CT molecular complexity index is 1450. The first-order valence-corrected chi connectivity index (χ1v) is 11.4. The van der Waals surface area contributed by atoms with E-state index in [1.165, 1.54) is 36.8 Å². The third kappa shape index (κ3) is 6.02. The molecule has 0 fully saturated rings. The van der Waals surface area contributed by atoms with Crippen LogP contribution in [0.4, 0.5) is 11.4 Å². The summed E-state index contributed by atoms with van der Waals surface area (Å²) in [6.07, 6.45) is 1.43. The zero-order valence-electron chi connectivity index (χ0n) is 19.0. The van der Waals surface area contributed by atoms with E-state index in [-0.39, 0.29) is 18.2 Å². The van der Waals surface area contributed by atoms with Gasteiger partial charge in [0, 0.05) is 27.9 Å². The average Bonchev–Trinajstić information content (AvgIpc) is 3.32. The van der Waals surface area contributed by atoms with E-state index in [0.717, 1.165) is 4.70 Å². The maximum Gasteiger partial charge on any atom is 0.281 e. The molecule has 0 aliphatic carbocycles. The van der Waals surface area contributed by atoms with Crippen molar-refractivity contribution in [3.05, 3.63) is 93.4 Å². The van der Waals surface area contributed by atoms with E-state index in [1.807, 2.05) is 18.2 Å². The Morgan fingerprint density at radius 2 is 1.86 bits per heavy atom. The molecule has 3 aromatic carbocycles. The van der Waals surface area contributed by atoms with Gasteiger partial charge in [-0.3, -0.25) is 19.7 Å². The van der Waals surface area contributed by atoms with Gasteiger partial charge in [-0.15, -0.1) is 11.3 Å². The Balaban J connectivity index is 1.35. The normalized spacial score (nSPS) is 10.8. The second-order valence-electron chi connectivity index (χ2n) is 7.40. The minimum Gasteiger partial charge on any atom is -0.493 e. The molecule has 0 spiro atoms. The number of para-hydroxylation sites is 1. The number of thiophene rings is 1. The van der Waals surface area contributed by atoms with Crippen molar-refractivity contribution < 1.29 is 24.0 Å². The summed E-state index contributed by atoms with van der Waals surface area (Å²) >= 11 is 1.21. The van der Waals surface area contributed by atoms with Gasteiger partial charge in [0.05, 0.1) is 23.1 Å². The van der Waals surface area contributed by atoms with E-state index < -0.39 is 10.8 Å². The molecule has 0 aliphatic heterocycles. The third-order valence-electron chi connectivity index (χ3n) is 4.92. The fourth-order valence-electron chi connectivity index (χ4n) is 3.22. The van der Waals surface area contributed by atoms with Gasteiger partial charge < -0.3 is 14.8 Å². The van der Waals surface area contributed by atoms with Gasteiger partial charge in [0.2, 0.25) is 0 Å². The van der Waals surface area contributed by atoms with Crippen LogP contribution >= 0.6 is 11.3 Å². The lowest BCUT2D eigenvalue weighted by molar-refractivity contribution is -0.384. The molecular formula is C25H20N4O6S. The van der Waals surface area contributed by atoms with Crippen molar-refractivity contribution in [2.24, 2.45) is 5.10 Å². The number of hydrazone groups is 1. The molecule has 2 N–H and O–H groups in total. The van der Waals surface area contributed by atoms with Crippen molar-refractivity contribution in [2.45, 2.75) is 0 Å². The summed E-state index contributed by atoms with van der Waals surface area (Å²) < 4.78 is 11.7. The Hall–Kier alpha value is -4.77. The van der Waals surface area contributed by atoms with Crippen molar-refractivity contribution in [1.82, 2.24) is 5.43 Å². The van der Waals surface area contributed by atoms with Gasteiger partial charge in [0.15, 0.2) is 18.1 Å². The number of rotatable bonds is 9. The van der Waals surface area contributed by atoms with E-state index >= 15 is 0 Å². The van der Waals surface area contributed by atoms with Crippen LogP contribution in [0.3, 0.4) is 0 Å². The van der Waals surface area contributed by atoms with Crippen LogP contribution in [-0.4, -0.2) is 36.7 Å². The van der Waals surface area contributed by atoms with Gasteiger partial charge in [-0.1, -0.05) is 18.2 Å².